The van der Waals surface area contributed by atoms with Crippen LogP contribution in [0.4, 0.5) is 4.39 Å². The fraction of sp³-hybridized carbons (Fsp3) is 0.286. The van der Waals surface area contributed by atoms with E-state index >= 15 is 0 Å². The highest BCUT2D eigenvalue weighted by Gasteiger charge is 1.90. The van der Waals surface area contributed by atoms with Gasteiger partial charge in [-0.1, -0.05) is 6.66 Å². The van der Waals surface area contributed by atoms with Crippen LogP contribution < -0.4 is 0 Å². The molecule has 3 heteroatoms. The molecule has 1 heterocycles. The van der Waals surface area contributed by atoms with Gasteiger partial charge >= 0.3 is 0 Å². The molecular formula is C7H11FNP. The number of aryl methyl sites for hydroxylation is 1. The molecule has 1 aromatic rings. The van der Waals surface area contributed by atoms with E-state index in [1.165, 1.54) is 6.07 Å². The molecule has 1 unspecified atom stereocenters. The number of aromatic nitrogens is 1. The van der Waals surface area contributed by atoms with Gasteiger partial charge in [-0.25, -0.2) is 4.39 Å². The van der Waals surface area contributed by atoms with E-state index in [0.29, 0.717) is 5.69 Å². The van der Waals surface area contributed by atoms with Crippen LogP contribution in [0.2, 0.25) is 0 Å². The SMILES string of the molecule is CP.Cc1ncccc1F. The van der Waals surface area contributed by atoms with Gasteiger partial charge in [0.25, 0.3) is 0 Å². The zero-order chi connectivity index (χ0) is 7.98. The second kappa shape index (κ2) is 5.31. The molecule has 10 heavy (non-hydrogen) atoms. The van der Waals surface area contributed by atoms with Crippen LogP contribution >= 0.6 is 9.24 Å². The maximum Gasteiger partial charge on any atom is 0.144 e. The molecule has 0 aliphatic carbocycles. The second-order valence-electron chi connectivity index (χ2n) is 1.57. The van der Waals surface area contributed by atoms with Crippen molar-refractivity contribution >= 4 is 9.24 Å². The summed E-state index contributed by atoms with van der Waals surface area (Å²) in [6, 6.07) is 2.96. The van der Waals surface area contributed by atoms with Crippen LogP contribution in [0.25, 0.3) is 0 Å². The minimum Gasteiger partial charge on any atom is -0.259 e. The molecule has 0 fully saturated rings. The Balaban J connectivity index is 0.000000371. The molecule has 0 amide bonds. The molecule has 1 aromatic heterocycles. The van der Waals surface area contributed by atoms with E-state index in [1.807, 2.05) is 6.66 Å². The lowest BCUT2D eigenvalue weighted by molar-refractivity contribution is 0.610. The van der Waals surface area contributed by atoms with Gasteiger partial charge < -0.3 is 0 Å². The Morgan fingerprint density at radius 1 is 1.50 bits per heavy atom. The van der Waals surface area contributed by atoms with Gasteiger partial charge in [-0.2, -0.15) is 0 Å². The highest BCUT2D eigenvalue weighted by atomic mass is 31.0. The van der Waals surface area contributed by atoms with Crippen molar-refractivity contribution in [2.75, 3.05) is 6.66 Å². The minimum atomic E-state index is -0.243. The smallest absolute Gasteiger partial charge is 0.144 e. The van der Waals surface area contributed by atoms with E-state index in [4.69, 9.17) is 0 Å². The molecule has 0 aliphatic rings. The maximum atomic E-state index is 12.3. The van der Waals surface area contributed by atoms with Gasteiger partial charge in [0, 0.05) is 6.20 Å². The summed E-state index contributed by atoms with van der Waals surface area (Å²) < 4.78 is 12.3. The van der Waals surface area contributed by atoms with Crippen LogP contribution in [0.5, 0.6) is 0 Å². The average molecular weight is 159 g/mol. The van der Waals surface area contributed by atoms with Gasteiger partial charge in [0.05, 0.1) is 5.69 Å². The molecule has 0 N–H and O–H groups in total. The first-order chi connectivity index (χ1) is 4.80. The number of rotatable bonds is 0. The number of pyridine rings is 1. The Labute approximate surface area is 62.9 Å². The Kier molecular flexibility index (Phi) is 5.05. The van der Waals surface area contributed by atoms with E-state index in [0.717, 1.165) is 0 Å². The molecule has 0 saturated heterocycles. The molecule has 0 aliphatic heterocycles. The average Bonchev–Trinajstić information content (AvgIpc) is 2.00. The summed E-state index contributed by atoms with van der Waals surface area (Å²) in [7, 11) is 2.42. The largest absolute Gasteiger partial charge is 0.259 e. The summed E-state index contributed by atoms with van der Waals surface area (Å²) in [5, 5.41) is 0. The Morgan fingerprint density at radius 3 is 2.40 bits per heavy atom. The van der Waals surface area contributed by atoms with Gasteiger partial charge in [-0.3, -0.25) is 4.98 Å². The molecule has 0 aromatic carbocycles. The van der Waals surface area contributed by atoms with Gasteiger partial charge in [0.2, 0.25) is 0 Å². The summed E-state index contributed by atoms with van der Waals surface area (Å²) in [6.45, 7) is 3.55. The van der Waals surface area contributed by atoms with E-state index in [-0.39, 0.29) is 5.82 Å². The molecule has 0 bridgehead atoms. The molecular weight excluding hydrogens is 148 g/mol. The van der Waals surface area contributed by atoms with Crippen LogP contribution in [-0.2, 0) is 0 Å². The first kappa shape index (κ1) is 9.51. The van der Waals surface area contributed by atoms with Crippen LogP contribution in [0, 0.1) is 12.7 Å². The van der Waals surface area contributed by atoms with E-state index in [9.17, 15) is 4.39 Å². The van der Waals surface area contributed by atoms with Crippen molar-refractivity contribution in [1.29, 1.82) is 0 Å². The van der Waals surface area contributed by atoms with Gasteiger partial charge in [0.1, 0.15) is 5.82 Å². The van der Waals surface area contributed by atoms with Crippen LogP contribution in [0.1, 0.15) is 5.69 Å². The van der Waals surface area contributed by atoms with Crippen LogP contribution in [-0.4, -0.2) is 11.6 Å². The molecule has 0 radical (unpaired) electrons. The zero-order valence-electron chi connectivity index (χ0n) is 6.13. The lowest BCUT2D eigenvalue weighted by atomic mass is 10.4. The topological polar surface area (TPSA) is 12.9 Å². The van der Waals surface area contributed by atoms with Gasteiger partial charge in [0.15, 0.2) is 0 Å². The van der Waals surface area contributed by atoms with E-state index in [2.05, 4.69) is 14.2 Å². The van der Waals surface area contributed by atoms with Crippen molar-refractivity contribution in [3.05, 3.63) is 29.8 Å². The maximum absolute atomic E-state index is 12.3. The summed E-state index contributed by atoms with van der Waals surface area (Å²) in [6.07, 6.45) is 1.57. The summed E-state index contributed by atoms with van der Waals surface area (Å²) in [5.41, 5.74) is 0.451. The Hall–Kier alpha value is -0.490. The van der Waals surface area contributed by atoms with Crippen molar-refractivity contribution in [1.82, 2.24) is 4.98 Å². The van der Waals surface area contributed by atoms with Gasteiger partial charge in [-0.15, -0.1) is 9.24 Å². The van der Waals surface area contributed by atoms with E-state index in [1.54, 1.807) is 19.2 Å². The van der Waals surface area contributed by atoms with E-state index < -0.39 is 0 Å². The van der Waals surface area contributed by atoms with Crippen molar-refractivity contribution in [3.63, 3.8) is 0 Å². The lowest BCUT2D eigenvalue weighted by Crippen LogP contribution is -1.82. The third-order valence-electron chi connectivity index (χ3n) is 0.942. The monoisotopic (exact) mass is 159 g/mol. The first-order valence-corrected chi connectivity index (χ1v) is 4.11. The lowest BCUT2D eigenvalue weighted by Gasteiger charge is -1.88. The molecule has 1 rings (SSSR count). The number of nitrogens with zero attached hydrogens (tertiary/aromatic N) is 1. The number of hydrogen-bond acceptors (Lipinski definition) is 1. The summed E-state index contributed by atoms with van der Waals surface area (Å²) >= 11 is 0. The highest BCUT2D eigenvalue weighted by molar-refractivity contribution is 7.15. The Morgan fingerprint density at radius 2 is 2.10 bits per heavy atom. The third-order valence-corrected chi connectivity index (χ3v) is 0.942. The molecule has 0 saturated carbocycles. The Bertz CT molecular complexity index is 170. The molecule has 0 spiro atoms. The third kappa shape index (κ3) is 2.88. The molecule has 56 valence electrons. The second-order valence-corrected chi connectivity index (χ2v) is 1.57. The first-order valence-electron chi connectivity index (χ1n) is 2.95. The van der Waals surface area contributed by atoms with Crippen LogP contribution in [0.15, 0.2) is 18.3 Å². The minimum absolute atomic E-state index is 0.243. The predicted octanol–water partition coefficient (Wildman–Crippen LogP) is 2.02. The van der Waals surface area contributed by atoms with Crippen LogP contribution in [0.3, 0.4) is 0 Å². The van der Waals surface area contributed by atoms with Crippen molar-refractivity contribution < 1.29 is 4.39 Å². The zero-order valence-corrected chi connectivity index (χ0v) is 7.29. The van der Waals surface area contributed by atoms with Crippen molar-refractivity contribution in [3.8, 4) is 0 Å². The summed E-state index contributed by atoms with van der Waals surface area (Å²) in [4.78, 5) is 3.70. The predicted molar refractivity (Wildman–Crippen MR) is 44.6 cm³/mol. The van der Waals surface area contributed by atoms with Crippen molar-refractivity contribution in [2.24, 2.45) is 0 Å². The fourth-order valence-electron chi connectivity index (χ4n) is 0.465. The van der Waals surface area contributed by atoms with Crippen molar-refractivity contribution in [2.45, 2.75) is 6.92 Å². The summed E-state index contributed by atoms with van der Waals surface area (Å²) in [5.74, 6) is -0.243. The normalized spacial score (nSPS) is 8.00. The standard InChI is InChI=1S/C6H6FN.CH5P/c1-5-6(7)3-2-4-8-5;1-2/h2-4H,1H3;2H2,1H3. The fourth-order valence-corrected chi connectivity index (χ4v) is 0.465. The van der Waals surface area contributed by atoms with Gasteiger partial charge in [-0.05, 0) is 19.1 Å². The number of halogens is 1. The molecule has 1 nitrogen and oxygen atoms in total. The molecule has 1 atom stereocenters. The quantitative estimate of drug-likeness (QED) is 0.528. The number of hydrogen-bond donors (Lipinski definition) is 0. The highest BCUT2D eigenvalue weighted by Crippen LogP contribution is 1.97.